The van der Waals surface area contributed by atoms with E-state index in [9.17, 15) is 13.2 Å². The van der Waals surface area contributed by atoms with Gasteiger partial charge in [-0.05, 0) is 42.5 Å². The molecule has 1 aliphatic rings. The van der Waals surface area contributed by atoms with Crippen molar-refractivity contribution < 1.29 is 17.9 Å². The first-order chi connectivity index (χ1) is 13.6. The number of alkyl halides is 3. The third kappa shape index (κ3) is 7.28. The molecule has 1 aromatic carbocycles. The van der Waals surface area contributed by atoms with Gasteiger partial charge in [-0.1, -0.05) is 32.6 Å². The molecule has 7 heteroatoms. The van der Waals surface area contributed by atoms with E-state index < -0.39 is 11.7 Å². The molecule has 2 unspecified atom stereocenters. The van der Waals surface area contributed by atoms with Gasteiger partial charge >= 0.3 is 6.18 Å². The molecule has 2 N–H and O–H groups in total. The molecule has 29 heavy (non-hydrogen) atoms. The van der Waals surface area contributed by atoms with Crippen molar-refractivity contribution in [2.24, 2.45) is 16.3 Å². The lowest BCUT2D eigenvalue weighted by molar-refractivity contribution is -0.137. The molecule has 1 aromatic rings. The van der Waals surface area contributed by atoms with Crippen molar-refractivity contribution in [3.8, 4) is 11.8 Å². The van der Waals surface area contributed by atoms with E-state index in [2.05, 4.69) is 48.2 Å². The van der Waals surface area contributed by atoms with Crippen LogP contribution < -0.4 is 10.6 Å². The van der Waals surface area contributed by atoms with Gasteiger partial charge < -0.3 is 15.4 Å². The Labute approximate surface area is 171 Å². The van der Waals surface area contributed by atoms with E-state index >= 15 is 0 Å². The maximum Gasteiger partial charge on any atom is 0.416 e. The number of hydrogen-bond acceptors (Lipinski definition) is 2. The van der Waals surface area contributed by atoms with Gasteiger partial charge in [0.1, 0.15) is 0 Å². The molecule has 0 aliphatic carbocycles. The first-order valence-corrected chi connectivity index (χ1v) is 9.83. The third-order valence-electron chi connectivity index (χ3n) is 4.84. The summed E-state index contributed by atoms with van der Waals surface area (Å²) < 4.78 is 43.7. The van der Waals surface area contributed by atoms with Crippen LogP contribution in [0.1, 0.15) is 44.7 Å². The van der Waals surface area contributed by atoms with E-state index in [1.807, 2.05) is 0 Å². The third-order valence-corrected chi connectivity index (χ3v) is 4.84. The van der Waals surface area contributed by atoms with E-state index in [4.69, 9.17) is 4.74 Å². The monoisotopic (exact) mass is 409 g/mol. The number of nitrogens with one attached hydrogen (secondary N) is 2. The van der Waals surface area contributed by atoms with Crippen LogP contribution in [0, 0.1) is 23.2 Å². The molecule has 1 aliphatic heterocycles. The van der Waals surface area contributed by atoms with Gasteiger partial charge in [-0.25, -0.2) is 0 Å². The first-order valence-electron chi connectivity index (χ1n) is 9.83. The molecule has 1 heterocycles. The number of halogens is 3. The van der Waals surface area contributed by atoms with E-state index in [1.54, 1.807) is 7.05 Å². The summed E-state index contributed by atoms with van der Waals surface area (Å²) in [4.78, 5) is 4.20. The summed E-state index contributed by atoms with van der Waals surface area (Å²) in [5.74, 6) is 6.81. The molecular weight excluding hydrogens is 379 g/mol. The van der Waals surface area contributed by atoms with Crippen LogP contribution in [0.3, 0.4) is 0 Å². The Morgan fingerprint density at radius 3 is 2.45 bits per heavy atom. The highest BCUT2D eigenvalue weighted by Crippen LogP contribution is 2.33. The Bertz CT molecular complexity index is 740. The summed E-state index contributed by atoms with van der Waals surface area (Å²) in [6.07, 6.45) is -1.97. The van der Waals surface area contributed by atoms with Gasteiger partial charge in [0.25, 0.3) is 0 Å². The lowest BCUT2D eigenvalue weighted by Crippen LogP contribution is -2.47. The van der Waals surface area contributed by atoms with Crippen LogP contribution in [0.5, 0.6) is 0 Å². The van der Waals surface area contributed by atoms with Gasteiger partial charge in [0.05, 0.1) is 18.2 Å². The fraction of sp³-hybridized carbons (Fsp3) is 0.591. The molecule has 4 nitrogen and oxygen atoms in total. The number of aliphatic imine (C=N–C) groups is 1. The van der Waals surface area contributed by atoms with Crippen LogP contribution in [0.15, 0.2) is 29.3 Å². The molecule has 1 saturated heterocycles. The van der Waals surface area contributed by atoms with E-state index in [-0.39, 0.29) is 11.5 Å². The highest BCUT2D eigenvalue weighted by molar-refractivity contribution is 5.79. The second-order valence-electron chi connectivity index (χ2n) is 8.24. The molecule has 0 bridgehead atoms. The predicted octanol–water partition coefficient (Wildman–Crippen LogP) is 4.06. The van der Waals surface area contributed by atoms with E-state index in [0.29, 0.717) is 24.0 Å². The summed E-state index contributed by atoms with van der Waals surface area (Å²) in [7, 11) is 1.69. The first kappa shape index (κ1) is 23.1. The molecule has 0 aromatic heterocycles. The summed E-state index contributed by atoms with van der Waals surface area (Å²) >= 11 is 0. The van der Waals surface area contributed by atoms with Crippen LogP contribution >= 0.6 is 0 Å². The zero-order valence-corrected chi connectivity index (χ0v) is 17.5. The van der Waals surface area contributed by atoms with Gasteiger partial charge in [-0.15, -0.1) is 0 Å². The molecule has 2 rings (SSSR count). The number of hydrogen-bond donors (Lipinski definition) is 2. The van der Waals surface area contributed by atoms with Crippen molar-refractivity contribution in [1.29, 1.82) is 0 Å². The van der Waals surface area contributed by atoms with E-state index in [1.165, 1.54) is 12.1 Å². The minimum Gasteiger partial charge on any atom is -0.377 e. The normalized spacial score (nSPS) is 20.6. The average molecular weight is 409 g/mol. The minimum absolute atomic E-state index is 0.0802. The molecule has 0 spiro atoms. The maximum atomic E-state index is 12.6. The zero-order chi connectivity index (χ0) is 21.5. The summed E-state index contributed by atoms with van der Waals surface area (Å²) in [5, 5.41) is 6.44. The number of guanidine groups is 1. The SMILES string of the molecule is CN=C(NCC#Cc1ccc(C(F)(F)F)cc1)NCC1CCCOC1C(C)(C)C. The smallest absolute Gasteiger partial charge is 0.377 e. The Hall–Kier alpha value is -2.20. The minimum atomic E-state index is -4.33. The standard InChI is InChI=1S/C22H30F3N3O/c1-21(2,3)19-17(8-6-14-29-19)15-28-20(26-4)27-13-5-7-16-9-11-18(12-10-16)22(23,24)25/h9-12,17,19H,6,8,13-15H2,1-4H3,(H2,26,27,28). The van der Waals surface area contributed by atoms with Crippen molar-refractivity contribution in [1.82, 2.24) is 10.6 Å². The largest absolute Gasteiger partial charge is 0.416 e. The zero-order valence-electron chi connectivity index (χ0n) is 17.5. The Balaban J connectivity index is 1.83. The van der Waals surface area contributed by atoms with Gasteiger partial charge in [0.2, 0.25) is 0 Å². The number of benzene rings is 1. The fourth-order valence-electron chi connectivity index (χ4n) is 3.47. The fourth-order valence-corrected chi connectivity index (χ4v) is 3.47. The summed E-state index contributed by atoms with van der Waals surface area (Å²) in [6.45, 7) is 8.49. The molecule has 0 amide bonds. The van der Waals surface area contributed by atoms with Gasteiger partial charge in [0.15, 0.2) is 5.96 Å². The highest BCUT2D eigenvalue weighted by atomic mass is 19.4. The summed E-state index contributed by atoms with van der Waals surface area (Å²) in [6, 6.07) is 4.82. The Morgan fingerprint density at radius 2 is 1.86 bits per heavy atom. The van der Waals surface area contributed by atoms with Crippen molar-refractivity contribution in [3.05, 3.63) is 35.4 Å². The predicted molar refractivity (Wildman–Crippen MR) is 110 cm³/mol. The molecular formula is C22H30F3N3O. The van der Waals surface area contributed by atoms with Crippen LogP contribution in [-0.4, -0.2) is 38.8 Å². The topological polar surface area (TPSA) is 45.7 Å². The number of nitrogens with zero attached hydrogens (tertiary/aromatic N) is 1. The second kappa shape index (κ2) is 10.0. The lowest BCUT2D eigenvalue weighted by atomic mass is 9.78. The van der Waals surface area contributed by atoms with Crippen LogP contribution in [0.25, 0.3) is 0 Å². The van der Waals surface area contributed by atoms with Crippen molar-refractivity contribution in [2.45, 2.75) is 45.9 Å². The van der Waals surface area contributed by atoms with Crippen LogP contribution in [-0.2, 0) is 10.9 Å². The number of rotatable bonds is 3. The maximum absolute atomic E-state index is 12.6. The van der Waals surface area contributed by atoms with Gasteiger partial charge in [-0.2, -0.15) is 13.2 Å². The lowest BCUT2D eigenvalue weighted by Gasteiger charge is -2.40. The van der Waals surface area contributed by atoms with Gasteiger partial charge in [0, 0.05) is 31.7 Å². The van der Waals surface area contributed by atoms with Crippen LogP contribution in [0.2, 0.25) is 0 Å². The Kier molecular flexibility index (Phi) is 7.97. The van der Waals surface area contributed by atoms with E-state index in [0.717, 1.165) is 38.1 Å². The molecule has 1 fully saturated rings. The highest BCUT2D eigenvalue weighted by Gasteiger charge is 2.35. The molecule has 0 saturated carbocycles. The van der Waals surface area contributed by atoms with Crippen molar-refractivity contribution in [2.75, 3.05) is 26.7 Å². The number of ether oxygens (including phenoxy) is 1. The van der Waals surface area contributed by atoms with Gasteiger partial charge in [-0.3, -0.25) is 4.99 Å². The quantitative estimate of drug-likeness (QED) is 0.450. The molecule has 2 atom stereocenters. The average Bonchev–Trinajstić information content (AvgIpc) is 2.66. The van der Waals surface area contributed by atoms with Crippen molar-refractivity contribution >= 4 is 5.96 Å². The van der Waals surface area contributed by atoms with Crippen LogP contribution in [0.4, 0.5) is 13.2 Å². The summed E-state index contributed by atoms with van der Waals surface area (Å²) in [5.41, 5.74) is -0.0576. The van der Waals surface area contributed by atoms with Crippen molar-refractivity contribution in [3.63, 3.8) is 0 Å². The molecule has 0 radical (unpaired) electrons. The molecule has 160 valence electrons. The Morgan fingerprint density at radius 1 is 1.17 bits per heavy atom. The second-order valence-corrected chi connectivity index (χ2v) is 8.24.